The number of para-hydroxylation sites is 3. The molecule has 0 bridgehead atoms. The van der Waals surface area contributed by atoms with Crippen molar-refractivity contribution in [1.82, 2.24) is 24.5 Å². The summed E-state index contributed by atoms with van der Waals surface area (Å²) in [4.78, 5) is 29.4. The third kappa shape index (κ3) is 5.52. The van der Waals surface area contributed by atoms with Crippen molar-refractivity contribution >= 4 is 46.1 Å². The number of halogens is 3. The first-order valence-electron chi connectivity index (χ1n) is 10.9. The van der Waals surface area contributed by atoms with Crippen LogP contribution in [0, 0.1) is 0 Å². The van der Waals surface area contributed by atoms with E-state index in [0.29, 0.717) is 27.4 Å². The Bertz CT molecular complexity index is 1570. The number of nitrogens with one attached hydrogen (secondary N) is 1. The van der Waals surface area contributed by atoms with Gasteiger partial charge >= 0.3 is 12.0 Å². The Labute approximate surface area is 218 Å². The lowest BCUT2D eigenvalue weighted by Crippen LogP contribution is -2.40. The molecule has 5 rings (SSSR count). The lowest BCUT2D eigenvalue weighted by Gasteiger charge is -2.17. The van der Waals surface area contributed by atoms with Crippen molar-refractivity contribution in [2.24, 2.45) is 0 Å². The second-order valence-electron chi connectivity index (χ2n) is 7.60. The summed E-state index contributed by atoms with van der Waals surface area (Å²) in [7, 11) is 0. The van der Waals surface area contributed by atoms with Gasteiger partial charge in [0.1, 0.15) is 22.9 Å². The number of benzene rings is 2. The number of hydrogen-bond donors (Lipinski definition) is 1. The van der Waals surface area contributed by atoms with Crippen LogP contribution in [0.5, 0.6) is 5.75 Å². The van der Waals surface area contributed by atoms with E-state index in [1.54, 1.807) is 18.2 Å². The minimum absolute atomic E-state index is 0.0354. The lowest BCUT2D eigenvalue weighted by atomic mass is 10.3. The molecule has 1 amide bonds. The largest absolute Gasteiger partial charge is 0.482 e. The Balaban J connectivity index is 1.33. The molecular formula is C25H17ClF2N6O2S. The molecule has 0 aliphatic heterocycles. The van der Waals surface area contributed by atoms with Crippen LogP contribution >= 0.6 is 23.4 Å². The van der Waals surface area contributed by atoms with Crippen LogP contribution in [0.2, 0.25) is 5.02 Å². The summed E-state index contributed by atoms with van der Waals surface area (Å²) in [6.45, 7) is 0. The third-order valence-corrected chi connectivity index (χ3v) is 6.28. The number of pyridine rings is 1. The Hall–Kier alpha value is -4.09. The monoisotopic (exact) mass is 538 g/mol. The fourth-order valence-corrected chi connectivity index (χ4v) is 4.52. The van der Waals surface area contributed by atoms with Crippen LogP contribution in [0.3, 0.4) is 0 Å². The number of thioether (sulfide) groups is 1. The minimum Gasteiger partial charge on any atom is -0.425 e. The van der Waals surface area contributed by atoms with E-state index >= 15 is 0 Å². The zero-order valence-corrected chi connectivity index (χ0v) is 20.5. The van der Waals surface area contributed by atoms with Gasteiger partial charge in [0, 0.05) is 5.75 Å². The van der Waals surface area contributed by atoms with Gasteiger partial charge in [-0.2, -0.15) is 8.78 Å². The summed E-state index contributed by atoms with van der Waals surface area (Å²) in [6.07, 6.45) is -1.19. The number of fused-ring (bicyclic) bond motifs is 1. The first kappa shape index (κ1) is 24.6. The highest BCUT2D eigenvalue weighted by Crippen LogP contribution is 2.31. The second-order valence-corrected chi connectivity index (χ2v) is 8.95. The molecule has 5 aromatic rings. The minimum atomic E-state index is -4.09. The number of imidazole rings is 1. The summed E-state index contributed by atoms with van der Waals surface area (Å²) >= 11 is 7.70. The average Bonchev–Trinajstić information content (AvgIpc) is 3.26. The summed E-state index contributed by atoms with van der Waals surface area (Å²) in [6, 6.07) is 19.6. The normalized spacial score (nSPS) is 11.4. The van der Waals surface area contributed by atoms with Crippen LogP contribution in [-0.2, 0) is 10.5 Å². The molecule has 0 aliphatic carbocycles. The van der Waals surface area contributed by atoms with Gasteiger partial charge in [-0.15, -0.1) is 0 Å². The molecule has 0 fully saturated rings. The van der Waals surface area contributed by atoms with E-state index in [-0.39, 0.29) is 11.6 Å². The number of rotatable bonds is 8. The van der Waals surface area contributed by atoms with Crippen LogP contribution in [-0.4, -0.2) is 36.5 Å². The predicted octanol–water partition coefficient (Wildman–Crippen LogP) is 5.77. The number of amides is 1. The molecule has 186 valence electrons. The molecule has 0 atom stereocenters. The molecule has 1 N–H and O–H groups in total. The van der Waals surface area contributed by atoms with Gasteiger partial charge in [-0.1, -0.05) is 59.8 Å². The SMILES string of the molecule is O=C(Nc1cccc(CSc2nc3ccccc3n2-c2ncncc2Cl)n1)C(F)(F)Oc1ccccc1. The maximum atomic E-state index is 14.3. The van der Waals surface area contributed by atoms with Gasteiger partial charge in [0.25, 0.3) is 0 Å². The van der Waals surface area contributed by atoms with Crippen molar-refractivity contribution in [3.05, 3.63) is 96.0 Å². The van der Waals surface area contributed by atoms with Crippen molar-refractivity contribution in [2.45, 2.75) is 17.0 Å². The van der Waals surface area contributed by atoms with E-state index < -0.39 is 12.0 Å². The highest BCUT2D eigenvalue weighted by Gasteiger charge is 2.42. The number of nitrogens with zero attached hydrogens (tertiary/aromatic N) is 5. The molecule has 0 aliphatic rings. The van der Waals surface area contributed by atoms with E-state index in [2.05, 4.69) is 30.0 Å². The molecule has 12 heteroatoms. The van der Waals surface area contributed by atoms with Gasteiger partial charge in [0.15, 0.2) is 11.0 Å². The number of alkyl halides is 2. The first-order chi connectivity index (χ1) is 17.9. The molecule has 0 radical (unpaired) electrons. The van der Waals surface area contributed by atoms with Crippen LogP contribution in [0.4, 0.5) is 14.6 Å². The number of hydrogen-bond acceptors (Lipinski definition) is 7. The predicted molar refractivity (Wildman–Crippen MR) is 136 cm³/mol. The number of carbonyl (C=O) groups excluding carboxylic acids is 1. The molecule has 3 heterocycles. The number of anilines is 1. The topological polar surface area (TPSA) is 94.8 Å². The Kier molecular flexibility index (Phi) is 6.97. The van der Waals surface area contributed by atoms with Gasteiger partial charge in [-0.25, -0.2) is 19.9 Å². The summed E-state index contributed by atoms with van der Waals surface area (Å²) in [5.74, 6) is -0.998. The number of carbonyl (C=O) groups is 1. The highest BCUT2D eigenvalue weighted by molar-refractivity contribution is 7.98. The molecular weight excluding hydrogens is 522 g/mol. The van der Waals surface area contributed by atoms with Crippen LogP contribution in [0.15, 0.2) is 90.5 Å². The standard InChI is InChI=1S/C25H17ClF2N6O2S/c26-18-13-29-15-30-22(18)34-20-11-5-4-10-19(20)32-24(34)37-14-16-7-6-12-21(31-16)33-23(35)25(27,28)36-17-8-2-1-3-9-17/h1-13,15H,14H2,(H,31,33,35). The molecule has 0 saturated carbocycles. The van der Waals surface area contributed by atoms with Crippen molar-refractivity contribution in [3.8, 4) is 11.6 Å². The fraction of sp³-hybridized carbons (Fsp3) is 0.0800. The van der Waals surface area contributed by atoms with E-state index in [0.717, 1.165) is 11.0 Å². The van der Waals surface area contributed by atoms with Crippen molar-refractivity contribution in [2.75, 3.05) is 5.32 Å². The smallest absolute Gasteiger partial charge is 0.425 e. The number of ether oxygens (including phenoxy) is 1. The van der Waals surface area contributed by atoms with Gasteiger partial charge in [0.2, 0.25) is 0 Å². The van der Waals surface area contributed by atoms with Crippen LogP contribution < -0.4 is 10.1 Å². The van der Waals surface area contributed by atoms with E-state index in [1.807, 2.05) is 28.8 Å². The maximum Gasteiger partial charge on any atom is 0.482 e. The van der Waals surface area contributed by atoms with Gasteiger partial charge in [0.05, 0.1) is 22.9 Å². The summed E-state index contributed by atoms with van der Waals surface area (Å²) < 4.78 is 35.0. The molecule has 37 heavy (non-hydrogen) atoms. The third-order valence-electron chi connectivity index (χ3n) is 5.04. The zero-order valence-electron chi connectivity index (χ0n) is 18.9. The van der Waals surface area contributed by atoms with Crippen LogP contribution in [0.1, 0.15) is 5.69 Å². The lowest BCUT2D eigenvalue weighted by molar-refractivity contribution is -0.187. The summed E-state index contributed by atoms with van der Waals surface area (Å²) in [5, 5.41) is 3.07. The second kappa shape index (κ2) is 10.5. The molecule has 0 saturated heterocycles. The average molecular weight is 539 g/mol. The zero-order chi connectivity index (χ0) is 25.8. The van der Waals surface area contributed by atoms with Crippen molar-refractivity contribution < 1.29 is 18.3 Å². The van der Waals surface area contributed by atoms with Crippen molar-refractivity contribution in [1.29, 1.82) is 0 Å². The van der Waals surface area contributed by atoms with Gasteiger partial charge in [-0.3, -0.25) is 9.36 Å². The van der Waals surface area contributed by atoms with E-state index in [1.165, 1.54) is 54.6 Å². The van der Waals surface area contributed by atoms with Gasteiger partial charge < -0.3 is 10.1 Å². The maximum absolute atomic E-state index is 14.3. The Morgan fingerprint density at radius 3 is 2.62 bits per heavy atom. The quantitative estimate of drug-likeness (QED) is 0.251. The Morgan fingerprint density at radius 1 is 1.03 bits per heavy atom. The van der Waals surface area contributed by atoms with E-state index in [4.69, 9.17) is 11.6 Å². The van der Waals surface area contributed by atoms with E-state index in [9.17, 15) is 13.6 Å². The molecule has 2 aromatic carbocycles. The molecule has 0 unspecified atom stereocenters. The first-order valence-corrected chi connectivity index (χ1v) is 12.2. The number of aromatic nitrogens is 5. The Morgan fingerprint density at radius 2 is 1.81 bits per heavy atom. The van der Waals surface area contributed by atoms with Crippen molar-refractivity contribution in [3.63, 3.8) is 0 Å². The molecule has 3 aromatic heterocycles. The van der Waals surface area contributed by atoms with Gasteiger partial charge in [-0.05, 0) is 36.4 Å². The molecule has 8 nitrogen and oxygen atoms in total. The van der Waals surface area contributed by atoms with Crippen LogP contribution in [0.25, 0.3) is 16.9 Å². The summed E-state index contributed by atoms with van der Waals surface area (Å²) in [5.41, 5.74) is 2.08. The highest BCUT2D eigenvalue weighted by atomic mass is 35.5. The fourth-order valence-electron chi connectivity index (χ4n) is 3.42. The molecule has 0 spiro atoms.